The summed E-state index contributed by atoms with van der Waals surface area (Å²) in [5.74, 6) is -3.59. The number of benzene rings is 1. The number of halogens is 6. The summed E-state index contributed by atoms with van der Waals surface area (Å²) >= 11 is 0. The lowest BCUT2D eigenvalue weighted by molar-refractivity contribution is -0.164. The summed E-state index contributed by atoms with van der Waals surface area (Å²) in [4.78, 5) is 19.3. The number of aliphatic hydroxyl groups is 2. The molecule has 1 aliphatic carbocycles. The topological polar surface area (TPSA) is 90.6 Å². The van der Waals surface area contributed by atoms with Gasteiger partial charge in [-0.25, -0.2) is 18.2 Å². The molecule has 5 rings (SSSR count). The number of alkyl halides is 3. The van der Waals surface area contributed by atoms with E-state index in [0.29, 0.717) is 30.9 Å². The highest BCUT2D eigenvalue weighted by atomic mass is 19.4. The molecular weight excluding hydrogens is 506 g/mol. The predicted molar refractivity (Wildman–Crippen MR) is 121 cm³/mol. The number of aromatic nitrogens is 2. The lowest BCUT2D eigenvalue weighted by Crippen LogP contribution is -2.44. The molecule has 37 heavy (non-hydrogen) atoms. The number of fused-ring (bicyclic) bond motifs is 2. The van der Waals surface area contributed by atoms with Gasteiger partial charge in [0.1, 0.15) is 29.6 Å². The first-order chi connectivity index (χ1) is 17.3. The van der Waals surface area contributed by atoms with E-state index >= 15 is 0 Å². The van der Waals surface area contributed by atoms with E-state index in [0.717, 1.165) is 10.8 Å². The third kappa shape index (κ3) is 4.44. The average molecular weight is 528 g/mol. The fourth-order valence-corrected chi connectivity index (χ4v) is 4.88. The van der Waals surface area contributed by atoms with Crippen LogP contribution in [0, 0.1) is 23.4 Å². The van der Waals surface area contributed by atoms with E-state index in [1.165, 1.54) is 19.1 Å². The molecule has 0 spiro atoms. The van der Waals surface area contributed by atoms with E-state index in [1.807, 2.05) is 5.32 Å². The number of hydrogen-bond donors (Lipinski definition) is 3. The van der Waals surface area contributed by atoms with Crippen molar-refractivity contribution < 1.29 is 36.6 Å². The Hall–Kier alpha value is -3.16. The Morgan fingerprint density at radius 3 is 2.46 bits per heavy atom. The Morgan fingerprint density at radius 1 is 1.22 bits per heavy atom. The predicted octanol–water partition coefficient (Wildman–Crippen LogP) is 3.30. The van der Waals surface area contributed by atoms with Gasteiger partial charge in [-0.3, -0.25) is 14.7 Å². The first-order valence-electron chi connectivity index (χ1n) is 11.5. The Morgan fingerprint density at radius 2 is 1.89 bits per heavy atom. The minimum Gasteiger partial charge on any atom is -0.388 e. The summed E-state index contributed by atoms with van der Waals surface area (Å²) < 4.78 is 83.8. The Bertz CT molecular complexity index is 1420. The number of nitrogens with one attached hydrogen (secondary N) is 1. The standard InChI is InChI=1S/C24H22F6N4O3/c1-2-17(24(28,29)30)31-22(36)14-9-34(19-15(26)5-12(25)6-16(19)27)21-13(20(14)35)3-4-18(32-21)33-8-11-7-23(11,37)10-33/h3-6,9,11,17,22,31,36-37H,2,7-8,10H2,1H3/t11?,17-,22?,23?/m0/s1. The zero-order chi connectivity index (χ0) is 26.9. The maximum absolute atomic E-state index is 14.8. The molecule has 1 aliphatic heterocycles. The molecule has 2 aliphatic rings. The number of nitrogens with zero attached hydrogens (tertiary/aromatic N) is 3. The molecule has 2 fully saturated rings. The van der Waals surface area contributed by atoms with E-state index in [2.05, 4.69) is 4.98 Å². The van der Waals surface area contributed by atoms with Crippen molar-refractivity contribution in [1.29, 1.82) is 0 Å². The average Bonchev–Trinajstić information content (AvgIpc) is 3.32. The maximum Gasteiger partial charge on any atom is 0.403 e. The van der Waals surface area contributed by atoms with Crippen molar-refractivity contribution >= 4 is 16.9 Å². The fraction of sp³-hybridized carbons (Fsp3) is 0.417. The highest BCUT2D eigenvalue weighted by Gasteiger charge is 2.59. The van der Waals surface area contributed by atoms with Crippen LogP contribution >= 0.6 is 0 Å². The molecular formula is C24H22F6N4O3. The van der Waals surface area contributed by atoms with Gasteiger partial charge in [0.15, 0.2) is 22.7 Å². The first-order valence-corrected chi connectivity index (χ1v) is 11.5. The van der Waals surface area contributed by atoms with Crippen LogP contribution in [0.4, 0.5) is 32.2 Å². The van der Waals surface area contributed by atoms with Crippen molar-refractivity contribution in [3.8, 4) is 5.69 Å². The lowest BCUT2D eigenvalue weighted by atomic mass is 10.1. The zero-order valence-corrected chi connectivity index (χ0v) is 19.4. The van der Waals surface area contributed by atoms with Crippen LogP contribution in [0.5, 0.6) is 0 Å². The monoisotopic (exact) mass is 528 g/mol. The number of hydrogen-bond acceptors (Lipinski definition) is 6. The molecule has 0 bridgehead atoms. The van der Waals surface area contributed by atoms with Crippen molar-refractivity contribution in [3.05, 3.63) is 63.7 Å². The van der Waals surface area contributed by atoms with E-state index in [9.17, 15) is 41.4 Å². The number of aliphatic hydroxyl groups excluding tert-OH is 1. The molecule has 3 unspecified atom stereocenters. The second-order valence-corrected chi connectivity index (χ2v) is 9.50. The van der Waals surface area contributed by atoms with Gasteiger partial charge in [0.05, 0.1) is 16.6 Å². The Labute approximate surface area is 206 Å². The quantitative estimate of drug-likeness (QED) is 0.336. The number of β-amino-alcohol motifs (C(OH)–C–C–N with tert-alkyl or cyclic N) is 1. The molecule has 3 N–H and O–H groups in total. The van der Waals surface area contributed by atoms with Gasteiger partial charge in [0.25, 0.3) is 0 Å². The van der Waals surface area contributed by atoms with Gasteiger partial charge in [-0.05, 0) is 25.0 Å². The van der Waals surface area contributed by atoms with Crippen LogP contribution in [-0.4, -0.2) is 50.7 Å². The summed E-state index contributed by atoms with van der Waals surface area (Å²) in [5.41, 5.74) is -3.48. The van der Waals surface area contributed by atoms with E-state index in [4.69, 9.17) is 0 Å². The Kier molecular flexibility index (Phi) is 6.00. The molecule has 198 valence electrons. The highest BCUT2D eigenvalue weighted by Crippen LogP contribution is 2.50. The third-order valence-corrected chi connectivity index (χ3v) is 6.97. The van der Waals surface area contributed by atoms with E-state index in [-0.39, 0.29) is 23.5 Å². The summed E-state index contributed by atoms with van der Waals surface area (Å²) in [6.45, 7) is 1.95. The van der Waals surface area contributed by atoms with Gasteiger partial charge in [0.2, 0.25) is 0 Å². The summed E-state index contributed by atoms with van der Waals surface area (Å²) in [7, 11) is 0. The normalized spacial score (nSPS) is 22.8. The second-order valence-electron chi connectivity index (χ2n) is 9.50. The number of rotatable bonds is 6. The van der Waals surface area contributed by atoms with Crippen molar-refractivity contribution in [2.24, 2.45) is 5.92 Å². The van der Waals surface area contributed by atoms with E-state index < -0.39 is 64.6 Å². The molecule has 0 radical (unpaired) electrons. The third-order valence-electron chi connectivity index (χ3n) is 6.97. The van der Waals surface area contributed by atoms with Gasteiger partial charge in [-0.1, -0.05) is 6.92 Å². The fourth-order valence-electron chi connectivity index (χ4n) is 4.88. The molecule has 1 saturated carbocycles. The molecule has 2 aromatic heterocycles. The summed E-state index contributed by atoms with van der Waals surface area (Å²) in [6.07, 6.45) is -5.93. The lowest BCUT2D eigenvalue weighted by Gasteiger charge is -2.25. The van der Waals surface area contributed by atoms with Gasteiger partial charge in [-0.2, -0.15) is 13.2 Å². The molecule has 3 aromatic rings. The van der Waals surface area contributed by atoms with Gasteiger partial charge >= 0.3 is 6.18 Å². The molecule has 1 saturated heterocycles. The van der Waals surface area contributed by atoms with Crippen LogP contribution in [0.2, 0.25) is 0 Å². The van der Waals surface area contributed by atoms with Crippen LogP contribution in [0.1, 0.15) is 31.6 Å². The second kappa shape index (κ2) is 8.71. The summed E-state index contributed by atoms with van der Waals surface area (Å²) in [5, 5.41) is 22.6. The number of piperidine rings is 1. The molecule has 13 heteroatoms. The molecule has 3 heterocycles. The largest absolute Gasteiger partial charge is 0.403 e. The number of anilines is 1. The van der Waals surface area contributed by atoms with Crippen molar-refractivity contribution in [1.82, 2.24) is 14.9 Å². The van der Waals surface area contributed by atoms with Crippen LogP contribution < -0.4 is 15.6 Å². The van der Waals surface area contributed by atoms with Crippen LogP contribution in [0.25, 0.3) is 16.7 Å². The minimum atomic E-state index is -4.74. The smallest absolute Gasteiger partial charge is 0.388 e. The van der Waals surface area contributed by atoms with Crippen molar-refractivity contribution in [2.45, 2.75) is 43.8 Å². The van der Waals surface area contributed by atoms with Gasteiger partial charge in [-0.15, -0.1) is 0 Å². The first kappa shape index (κ1) is 25.5. The van der Waals surface area contributed by atoms with Crippen LogP contribution in [-0.2, 0) is 0 Å². The highest BCUT2D eigenvalue weighted by molar-refractivity contribution is 5.80. The SMILES string of the molecule is CC[C@H](NC(O)c1cn(-c2c(F)cc(F)cc2F)c2nc(N3CC4CC4(O)C3)ccc2c1=O)C(F)(F)F. The number of pyridine rings is 2. The maximum atomic E-state index is 14.8. The Balaban J connectivity index is 1.68. The van der Waals surface area contributed by atoms with E-state index in [1.54, 1.807) is 4.90 Å². The van der Waals surface area contributed by atoms with Crippen LogP contribution in [0.3, 0.4) is 0 Å². The van der Waals surface area contributed by atoms with Crippen LogP contribution in [0.15, 0.2) is 35.3 Å². The molecule has 1 aromatic carbocycles. The van der Waals surface area contributed by atoms with Crippen molar-refractivity contribution in [3.63, 3.8) is 0 Å². The zero-order valence-electron chi connectivity index (χ0n) is 19.4. The van der Waals surface area contributed by atoms with Crippen molar-refractivity contribution in [2.75, 3.05) is 18.0 Å². The molecule has 4 atom stereocenters. The van der Waals surface area contributed by atoms with Gasteiger partial charge in [0, 0.05) is 37.3 Å². The minimum absolute atomic E-state index is 0.0444. The summed E-state index contributed by atoms with van der Waals surface area (Å²) in [6, 6.07) is 1.36. The molecule has 0 amide bonds. The van der Waals surface area contributed by atoms with Gasteiger partial charge < -0.3 is 15.1 Å². The molecule has 7 nitrogen and oxygen atoms in total.